The quantitative estimate of drug-likeness (QED) is 0.932. The first-order valence-electron chi connectivity index (χ1n) is 8.79. The Morgan fingerprint density at radius 1 is 1.18 bits per heavy atom. The monoisotopic (exact) mass is 306 g/mol. The van der Waals surface area contributed by atoms with Crippen LogP contribution in [0.4, 0.5) is 0 Å². The zero-order valence-corrected chi connectivity index (χ0v) is 14.2. The minimum atomic E-state index is -0.107. The Morgan fingerprint density at radius 2 is 1.95 bits per heavy atom. The Kier molecular flexibility index (Phi) is 4.55. The molecule has 1 N–H and O–H groups in total. The van der Waals surface area contributed by atoms with Crippen molar-refractivity contribution in [2.75, 3.05) is 6.54 Å². The van der Waals surface area contributed by atoms with Gasteiger partial charge >= 0.3 is 0 Å². The molecule has 0 amide bonds. The van der Waals surface area contributed by atoms with Crippen molar-refractivity contribution in [1.29, 1.82) is 0 Å². The van der Waals surface area contributed by atoms with Crippen molar-refractivity contribution in [3.8, 4) is 0 Å². The second-order valence-electron chi connectivity index (χ2n) is 8.02. The Balaban J connectivity index is 1.67. The summed E-state index contributed by atoms with van der Waals surface area (Å²) in [4.78, 5) is 2.52. The molecule has 2 fully saturated rings. The molecule has 2 heterocycles. The fraction of sp³-hybridized carbons (Fsp3) is 0.882. The number of nitrogens with zero attached hydrogens (tertiary/aromatic N) is 4. The van der Waals surface area contributed by atoms with E-state index in [1.165, 1.54) is 32.1 Å². The molecule has 0 aromatic carbocycles. The Morgan fingerprint density at radius 3 is 2.64 bits per heavy atom. The van der Waals surface area contributed by atoms with Crippen molar-refractivity contribution in [1.82, 2.24) is 19.9 Å². The molecule has 1 saturated heterocycles. The van der Waals surface area contributed by atoms with Crippen LogP contribution in [0.25, 0.3) is 0 Å². The van der Waals surface area contributed by atoms with Crippen molar-refractivity contribution < 1.29 is 5.11 Å². The summed E-state index contributed by atoms with van der Waals surface area (Å²) in [6.45, 7) is 8.41. The van der Waals surface area contributed by atoms with Gasteiger partial charge in [-0.05, 0) is 53.0 Å². The highest BCUT2D eigenvalue weighted by atomic mass is 16.3. The maximum Gasteiger partial charge on any atom is 0.0967 e. The van der Waals surface area contributed by atoms with Crippen LogP contribution in [0, 0.1) is 5.92 Å². The first kappa shape index (κ1) is 15.9. The Bertz CT molecular complexity index is 493. The lowest BCUT2D eigenvalue weighted by Gasteiger charge is -2.37. The molecule has 0 bridgehead atoms. The van der Waals surface area contributed by atoms with Crippen molar-refractivity contribution in [2.45, 2.75) is 83.5 Å². The third kappa shape index (κ3) is 3.35. The molecule has 0 spiro atoms. The fourth-order valence-electron chi connectivity index (χ4n) is 4.03. The highest BCUT2D eigenvalue weighted by Crippen LogP contribution is 2.35. The molecule has 1 aliphatic carbocycles. The molecule has 1 aromatic heterocycles. The van der Waals surface area contributed by atoms with Gasteiger partial charge in [-0.15, -0.1) is 5.10 Å². The van der Waals surface area contributed by atoms with Gasteiger partial charge in [0.15, 0.2) is 0 Å². The first-order chi connectivity index (χ1) is 10.4. The van der Waals surface area contributed by atoms with E-state index < -0.39 is 0 Å². The second-order valence-corrected chi connectivity index (χ2v) is 8.02. The molecule has 1 aliphatic heterocycles. The van der Waals surface area contributed by atoms with E-state index in [-0.39, 0.29) is 11.6 Å². The van der Waals surface area contributed by atoms with Gasteiger partial charge in [0.2, 0.25) is 0 Å². The van der Waals surface area contributed by atoms with Gasteiger partial charge in [0.25, 0.3) is 0 Å². The van der Waals surface area contributed by atoms with Crippen LogP contribution >= 0.6 is 0 Å². The molecular formula is C17H30N4O. The normalized spacial score (nSPS) is 30.8. The van der Waals surface area contributed by atoms with Crippen LogP contribution < -0.4 is 0 Å². The SMILES string of the molecule is CC(C)(C)n1cc(CN2CCCC2C2CCCCC2O)nn1. The fourth-order valence-corrected chi connectivity index (χ4v) is 4.03. The lowest BCUT2D eigenvalue weighted by Crippen LogP contribution is -2.42. The second kappa shape index (κ2) is 6.28. The molecule has 5 nitrogen and oxygen atoms in total. The minimum Gasteiger partial charge on any atom is -0.393 e. The van der Waals surface area contributed by atoms with Crippen molar-refractivity contribution >= 4 is 0 Å². The lowest BCUT2D eigenvalue weighted by molar-refractivity contribution is 0.0198. The summed E-state index contributed by atoms with van der Waals surface area (Å²) in [5.41, 5.74) is 1.03. The van der Waals surface area contributed by atoms with E-state index in [2.05, 4.69) is 42.2 Å². The molecule has 22 heavy (non-hydrogen) atoms. The molecular weight excluding hydrogens is 276 g/mol. The van der Waals surface area contributed by atoms with Gasteiger partial charge in [-0.2, -0.15) is 0 Å². The number of aromatic nitrogens is 3. The zero-order chi connectivity index (χ0) is 15.7. The maximum atomic E-state index is 10.4. The maximum absolute atomic E-state index is 10.4. The molecule has 3 rings (SSSR count). The van der Waals surface area contributed by atoms with Crippen LogP contribution in [0.15, 0.2) is 6.20 Å². The van der Waals surface area contributed by atoms with Crippen LogP contribution in [0.5, 0.6) is 0 Å². The molecule has 5 heteroatoms. The van der Waals surface area contributed by atoms with Crippen LogP contribution in [0.1, 0.15) is 65.0 Å². The van der Waals surface area contributed by atoms with E-state index in [0.717, 1.165) is 25.2 Å². The number of likely N-dealkylation sites (tertiary alicyclic amines) is 1. The van der Waals surface area contributed by atoms with Crippen LogP contribution in [-0.2, 0) is 12.1 Å². The summed E-state index contributed by atoms with van der Waals surface area (Å²) in [7, 11) is 0. The number of hydrogen-bond acceptors (Lipinski definition) is 4. The van der Waals surface area contributed by atoms with Gasteiger partial charge in [0, 0.05) is 18.5 Å². The molecule has 1 saturated carbocycles. The topological polar surface area (TPSA) is 54.2 Å². The van der Waals surface area contributed by atoms with Gasteiger partial charge < -0.3 is 5.11 Å². The zero-order valence-electron chi connectivity index (χ0n) is 14.2. The van der Waals surface area contributed by atoms with Crippen LogP contribution in [0.2, 0.25) is 0 Å². The smallest absolute Gasteiger partial charge is 0.0967 e. The standard InChI is InChI=1S/C17H30N4O/c1-17(2,3)21-12-13(18-19-21)11-20-10-6-8-15(20)14-7-4-5-9-16(14)22/h12,14-16,22H,4-11H2,1-3H3. The van der Waals surface area contributed by atoms with E-state index in [4.69, 9.17) is 0 Å². The van der Waals surface area contributed by atoms with Crippen molar-refractivity contribution in [3.05, 3.63) is 11.9 Å². The predicted octanol–water partition coefficient (Wildman–Crippen LogP) is 2.55. The van der Waals surface area contributed by atoms with E-state index in [1.807, 2.05) is 4.68 Å². The highest BCUT2D eigenvalue weighted by Gasteiger charge is 2.37. The largest absolute Gasteiger partial charge is 0.393 e. The van der Waals surface area contributed by atoms with Gasteiger partial charge in [-0.25, -0.2) is 4.68 Å². The van der Waals surface area contributed by atoms with Crippen LogP contribution in [-0.4, -0.2) is 43.7 Å². The summed E-state index contributed by atoms with van der Waals surface area (Å²) >= 11 is 0. The van der Waals surface area contributed by atoms with Gasteiger partial charge in [-0.1, -0.05) is 18.1 Å². The van der Waals surface area contributed by atoms with Gasteiger partial charge in [0.05, 0.1) is 23.5 Å². The molecule has 1 aromatic rings. The summed E-state index contributed by atoms with van der Waals surface area (Å²) in [5, 5.41) is 19.0. The van der Waals surface area contributed by atoms with Crippen molar-refractivity contribution in [3.63, 3.8) is 0 Å². The summed E-state index contributed by atoms with van der Waals surface area (Å²) in [6.07, 6.45) is 9.04. The summed E-state index contributed by atoms with van der Waals surface area (Å²) < 4.78 is 1.95. The summed E-state index contributed by atoms with van der Waals surface area (Å²) in [5.74, 6) is 0.453. The molecule has 0 radical (unpaired) electrons. The Hall–Kier alpha value is -0.940. The molecule has 3 unspecified atom stereocenters. The van der Waals surface area contributed by atoms with Crippen LogP contribution in [0.3, 0.4) is 0 Å². The van der Waals surface area contributed by atoms with E-state index in [0.29, 0.717) is 12.0 Å². The number of aliphatic hydroxyl groups excluding tert-OH is 1. The Labute approximate surface area is 133 Å². The first-order valence-corrected chi connectivity index (χ1v) is 8.79. The average molecular weight is 306 g/mol. The number of hydrogen-bond donors (Lipinski definition) is 1. The van der Waals surface area contributed by atoms with Crippen molar-refractivity contribution in [2.24, 2.45) is 5.92 Å². The number of aliphatic hydroxyl groups is 1. The molecule has 2 aliphatic rings. The summed E-state index contributed by atoms with van der Waals surface area (Å²) in [6, 6.07) is 0.523. The van der Waals surface area contributed by atoms with Gasteiger partial charge in [-0.3, -0.25) is 4.90 Å². The number of rotatable bonds is 3. The van der Waals surface area contributed by atoms with E-state index in [9.17, 15) is 5.11 Å². The molecule has 124 valence electrons. The lowest BCUT2D eigenvalue weighted by atomic mass is 9.80. The average Bonchev–Trinajstić information content (AvgIpc) is 3.09. The van der Waals surface area contributed by atoms with E-state index >= 15 is 0 Å². The minimum absolute atomic E-state index is 0.0186. The van der Waals surface area contributed by atoms with Gasteiger partial charge in [0.1, 0.15) is 0 Å². The van der Waals surface area contributed by atoms with E-state index in [1.54, 1.807) is 0 Å². The molecule has 3 atom stereocenters. The third-order valence-electron chi connectivity index (χ3n) is 5.28. The highest BCUT2D eigenvalue weighted by molar-refractivity contribution is 4.98. The predicted molar refractivity (Wildman–Crippen MR) is 86.4 cm³/mol. The third-order valence-corrected chi connectivity index (χ3v) is 5.28.